The lowest BCUT2D eigenvalue weighted by atomic mass is 9.79. The topological polar surface area (TPSA) is 63.4 Å². The quantitative estimate of drug-likeness (QED) is 0.640. The molecule has 0 radical (unpaired) electrons. The number of nitrogens with two attached hydrogens (primary N) is 1. The summed E-state index contributed by atoms with van der Waals surface area (Å²) in [5, 5.41) is 0. The summed E-state index contributed by atoms with van der Waals surface area (Å²) in [6.45, 7) is 0. The van der Waals surface area contributed by atoms with Crippen molar-refractivity contribution in [2.45, 2.75) is 63.8 Å². The van der Waals surface area contributed by atoms with Crippen LogP contribution in [0.2, 0.25) is 0 Å². The number of thiocarbonyl (C=S) groups is 1. The van der Waals surface area contributed by atoms with E-state index in [-0.39, 0.29) is 17.9 Å². The van der Waals surface area contributed by atoms with Crippen LogP contribution in [0.15, 0.2) is 0 Å². The molecule has 110 valence electrons. The van der Waals surface area contributed by atoms with Gasteiger partial charge in [0.2, 0.25) is 11.8 Å². The van der Waals surface area contributed by atoms with Gasteiger partial charge in [0, 0.05) is 6.42 Å². The molecule has 1 aliphatic heterocycles. The van der Waals surface area contributed by atoms with E-state index >= 15 is 0 Å². The molecule has 2 saturated carbocycles. The van der Waals surface area contributed by atoms with Crippen LogP contribution in [-0.2, 0) is 9.59 Å². The second-order valence-electron chi connectivity index (χ2n) is 6.62. The van der Waals surface area contributed by atoms with Gasteiger partial charge in [0.1, 0.15) is 0 Å². The maximum absolute atomic E-state index is 12.9. The van der Waals surface area contributed by atoms with Gasteiger partial charge < -0.3 is 5.73 Å². The van der Waals surface area contributed by atoms with Crippen LogP contribution in [0.4, 0.5) is 0 Å². The Bertz CT molecular complexity index is 451. The van der Waals surface area contributed by atoms with Gasteiger partial charge >= 0.3 is 0 Å². The minimum absolute atomic E-state index is 0.00843. The van der Waals surface area contributed by atoms with Crippen LogP contribution in [0, 0.1) is 11.3 Å². The Hall–Kier alpha value is -0.970. The Balaban J connectivity index is 1.87. The Morgan fingerprint density at radius 1 is 1.20 bits per heavy atom. The van der Waals surface area contributed by atoms with Crippen molar-refractivity contribution in [3.05, 3.63) is 0 Å². The van der Waals surface area contributed by atoms with Gasteiger partial charge in [-0.15, -0.1) is 0 Å². The molecule has 1 saturated heterocycles. The first-order valence-electron chi connectivity index (χ1n) is 7.71. The van der Waals surface area contributed by atoms with Crippen molar-refractivity contribution in [3.8, 4) is 0 Å². The number of amides is 2. The average molecular weight is 294 g/mol. The highest BCUT2D eigenvalue weighted by Crippen LogP contribution is 2.47. The molecular weight excluding hydrogens is 272 g/mol. The van der Waals surface area contributed by atoms with Crippen LogP contribution in [0.5, 0.6) is 0 Å². The second kappa shape index (κ2) is 5.10. The first kappa shape index (κ1) is 14.0. The Labute approximate surface area is 125 Å². The van der Waals surface area contributed by atoms with E-state index in [0.717, 1.165) is 38.5 Å². The molecule has 0 bridgehead atoms. The van der Waals surface area contributed by atoms with Crippen molar-refractivity contribution in [2.24, 2.45) is 17.1 Å². The molecule has 1 unspecified atom stereocenters. The van der Waals surface area contributed by atoms with Gasteiger partial charge in [-0.25, -0.2) is 0 Å². The van der Waals surface area contributed by atoms with Crippen molar-refractivity contribution in [1.29, 1.82) is 0 Å². The van der Waals surface area contributed by atoms with E-state index in [1.807, 2.05) is 0 Å². The zero-order valence-corrected chi connectivity index (χ0v) is 12.6. The van der Waals surface area contributed by atoms with E-state index in [2.05, 4.69) is 0 Å². The van der Waals surface area contributed by atoms with Gasteiger partial charge in [-0.1, -0.05) is 37.9 Å². The number of hydrogen-bond acceptors (Lipinski definition) is 3. The molecule has 20 heavy (non-hydrogen) atoms. The normalized spacial score (nSPS) is 27.7. The third kappa shape index (κ3) is 2.26. The Morgan fingerprint density at radius 3 is 2.30 bits per heavy atom. The SMILES string of the molecule is NC(=S)C(C1CC1)N1C(=O)CC2(CCCCCC2)C1=O. The van der Waals surface area contributed by atoms with Gasteiger partial charge in [0.15, 0.2) is 0 Å². The molecule has 0 aromatic carbocycles. The lowest BCUT2D eigenvalue weighted by molar-refractivity contribution is -0.143. The summed E-state index contributed by atoms with van der Waals surface area (Å²) in [5.74, 6) is 0.261. The van der Waals surface area contributed by atoms with E-state index in [1.54, 1.807) is 0 Å². The van der Waals surface area contributed by atoms with Crippen molar-refractivity contribution < 1.29 is 9.59 Å². The number of rotatable bonds is 3. The molecule has 1 heterocycles. The van der Waals surface area contributed by atoms with Crippen LogP contribution >= 0.6 is 12.2 Å². The molecule has 3 fully saturated rings. The summed E-state index contributed by atoms with van der Waals surface area (Å²) in [7, 11) is 0. The van der Waals surface area contributed by atoms with Crippen molar-refractivity contribution in [3.63, 3.8) is 0 Å². The molecular formula is C15H22N2O2S. The zero-order valence-electron chi connectivity index (χ0n) is 11.8. The fourth-order valence-electron chi connectivity index (χ4n) is 3.88. The highest BCUT2D eigenvalue weighted by molar-refractivity contribution is 7.80. The van der Waals surface area contributed by atoms with Crippen LogP contribution < -0.4 is 5.73 Å². The maximum Gasteiger partial charge on any atom is 0.236 e. The first-order chi connectivity index (χ1) is 9.55. The molecule has 3 aliphatic rings. The van der Waals surface area contributed by atoms with E-state index < -0.39 is 5.41 Å². The van der Waals surface area contributed by atoms with Crippen LogP contribution in [-0.4, -0.2) is 27.7 Å². The number of carbonyl (C=O) groups is 2. The highest BCUT2D eigenvalue weighted by Gasteiger charge is 2.55. The smallest absolute Gasteiger partial charge is 0.236 e. The van der Waals surface area contributed by atoms with E-state index in [0.29, 0.717) is 17.3 Å². The minimum Gasteiger partial charge on any atom is -0.392 e. The predicted molar refractivity (Wildman–Crippen MR) is 79.9 cm³/mol. The molecule has 0 aromatic heterocycles. The molecule has 1 spiro atoms. The largest absolute Gasteiger partial charge is 0.392 e. The predicted octanol–water partition coefficient (Wildman–Crippen LogP) is 2.15. The summed E-state index contributed by atoms with van der Waals surface area (Å²) in [6.07, 6.45) is 8.55. The summed E-state index contributed by atoms with van der Waals surface area (Å²) < 4.78 is 0. The standard InChI is InChI=1S/C15H22N2O2S/c16-13(20)12(10-5-6-10)17-11(18)9-15(14(17)19)7-3-1-2-4-8-15/h10,12H,1-9H2,(H2,16,20). The van der Waals surface area contributed by atoms with Gasteiger partial charge in [-0.2, -0.15) is 0 Å². The van der Waals surface area contributed by atoms with Gasteiger partial charge in [-0.3, -0.25) is 14.5 Å². The molecule has 0 aromatic rings. The maximum atomic E-state index is 12.9. The fourth-order valence-corrected chi connectivity index (χ4v) is 4.18. The second-order valence-corrected chi connectivity index (χ2v) is 7.10. The van der Waals surface area contributed by atoms with Crippen molar-refractivity contribution in [2.75, 3.05) is 0 Å². The molecule has 1 atom stereocenters. The van der Waals surface area contributed by atoms with Gasteiger partial charge in [0.05, 0.1) is 16.4 Å². The zero-order chi connectivity index (χ0) is 14.3. The third-order valence-electron chi connectivity index (χ3n) is 5.13. The summed E-state index contributed by atoms with van der Waals surface area (Å²) >= 11 is 5.12. The third-order valence-corrected chi connectivity index (χ3v) is 5.37. The van der Waals surface area contributed by atoms with Crippen LogP contribution in [0.25, 0.3) is 0 Å². The first-order valence-corrected chi connectivity index (χ1v) is 8.12. The molecule has 4 nitrogen and oxygen atoms in total. The molecule has 2 N–H and O–H groups in total. The number of hydrogen-bond donors (Lipinski definition) is 1. The number of imide groups is 1. The van der Waals surface area contributed by atoms with Gasteiger partial charge in [0.25, 0.3) is 0 Å². The summed E-state index contributed by atoms with van der Waals surface area (Å²) in [4.78, 5) is 27.1. The van der Waals surface area contributed by atoms with E-state index in [1.165, 1.54) is 17.7 Å². The Morgan fingerprint density at radius 2 is 1.80 bits per heavy atom. The van der Waals surface area contributed by atoms with Crippen molar-refractivity contribution in [1.82, 2.24) is 4.90 Å². The lowest BCUT2D eigenvalue weighted by Crippen LogP contribution is -2.49. The van der Waals surface area contributed by atoms with Crippen molar-refractivity contribution >= 4 is 29.0 Å². The number of nitrogens with zero attached hydrogens (tertiary/aromatic N) is 1. The minimum atomic E-state index is -0.439. The van der Waals surface area contributed by atoms with Crippen LogP contribution in [0.3, 0.4) is 0 Å². The summed E-state index contributed by atoms with van der Waals surface area (Å²) in [6, 6.07) is -0.326. The van der Waals surface area contributed by atoms with E-state index in [9.17, 15) is 9.59 Å². The molecule has 2 aliphatic carbocycles. The lowest BCUT2D eigenvalue weighted by Gasteiger charge is -2.29. The number of carbonyl (C=O) groups excluding carboxylic acids is 2. The van der Waals surface area contributed by atoms with Gasteiger partial charge in [-0.05, 0) is 31.6 Å². The highest BCUT2D eigenvalue weighted by atomic mass is 32.1. The molecule has 3 rings (SSSR count). The fraction of sp³-hybridized carbons (Fsp3) is 0.800. The molecule has 5 heteroatoms. The molecule has 2 amide bonds. The van der Waals surface area contributed by atoms with Crippen LogP contribution in [0.1, 0.15) is 57.8 Å². The number of likely N-dealkylation sites (tertiary alicyclic amines) is 1. The summed E-state index contributed by atoms with van der Waals surface area (Å²) in [5.41, 5.74) is 5.38. The Kier molecular flexibility index (Phi) is 3.56. The van der Waals surface area contributed by atoms with E-state index in [4.69, 9.17) is 18.0 Å². The monoisotopic (exact) mass is 294 g/mol. The average Bonchev–Trinajstić information content (AvgIpc) is 3.18.